The number of hydrogen-bond acceptors (Lipinski definition) is 4. The lowest BCUT2D eigenvalue weighted by molar-refractivity contribution is 0.221. The Kier molecular flexibility index (Phi) is 4.49. The van der Waals surface area contributed by atoms with Gasteiger partial charge in [0.05, 0.1) is 18.0 Å². The lowest BCUT2D eigenvalue weighted by Crippen LogP contribution is -2.31. The highest BCUT2D eigenvalue weighted by molar-refractivity contribution is 5.65. The SMILES string of the molecule is Nc1ccc(OCCCN2CCc3ccccc3C2)cc1N. The molecule has 4 heteroatoms. The molecule has 116 valence electrons. The molecule has 0 saturated carbocycles. The summed E-state index contributed by atoms with van der Waals surface area (Å²) in [5.74, 6) is 0.788. The van der Waals surface area contributed by atoms with Crippen LogP contribution < -0.4 is 16.2 Å². The Hall–Kier alpha value is -2.20. The first-order valence-electron chi connectivity index (χ1n) is 7.79. The van der Waals surface area contributed by atoms with Crippen molar-refractivity contribution in [3.05, 3.63) is 53.6 Å². The lowest BCUT2D eigenvalue weighted by atomic mass is 10.00. The summed E-state index contributed by atoms with van der Waals surface area (Å²) in [6, 6.07) is 14.1. The van der Waals surface area contributed by atoms with E-state index < -0.39 is 0 Å². The van der Waals surface area contributed by atoms with Gasteiger partial charge in [-0.1, -0.05) is 24.3 Å². The summed E-state index contributed by atoms with van der Waals surface area (Å²) in [5.41, 5.74) is 15.6. The molecule has 0 saturated heterocycles. The predicted octanol–water partition coefficient (Wildman–Crippen LogP) is 2.68. The fraction of sp³-hybridized carbons (Fsp3) is 0.333. The first-order valence-corrected chi connectivity index (χ1v) is 7.79. The lowest BCUT2D eigenvalue weighted by Gasteiger charge is -2.28. The van der Waals surface area contributed by atoms with E-state index in [1.165, 1.54) is 11.1 Å². The highest BCUT2D eigenvalue weighted by Crippen LogP contribution is 2.22. The Bertz CT molecular complexity index is 642. The quantitative estimate of drug-likeness (QED) is 0.658. The number of nitrogen functional groups attached to an aromatic ring is 2. The summed E-state index contributed by atoms with van der Waals surface area (Å²) in [5, 5.41) is 0. The van der Waals surface area contributed by atoms with Crippen molar-refractivity contribution in [2.24, 2.45) is 0 Å². The van der Waals surface area contributed by atoms with Crippen LogP contribution in [0.5, 0.6) is 5.75 Å². The summed E-state index contributed by atoms with van der Waals surface area (Å²) >= 11 is 0. The van der Waals surface area contributed by atoms with Gasteiger partial charge in [-0.05, 0) is 36.1 Å². The number of hydrogen-bond donors (Lipinski definition) is 2. The van der Waals surface area contributed by atoms with Gasteiger partial charge < -0.3 is 16.2 Å². The molecule has 0 spiro atoms. The molecule has 0 bridgehead atoms. The van der Waals surface area contributed by atoms with Crippen molar-refractivity contribution in [2.75, 3.05) is 31.2 Å². The van der Waals surface area contributed by atoms with Gasteiger partial charge in [-0.3, -0.25) is 4.90 Å². The van der Waals surface area contributed by atoms with Gasteiger partial charge in [-0.15, -0.1) is 0 Å². The van der Waals surface area contributed by atoms with Crippen LogP contribution in [0.4, 0.5) is 11.4 Å². The molecule has 0 unspecified atom stereocenters. The van der Waals surface area contributed by atoms with E-state index in [-0.39, 0.29) is 0 Å². The van der Waals surface area contributed by atoms with Gasteiger partial charge in [0.2, 0.25) is 0 Å². The first kappa shape index (κ1) is 14.7. The number of fused-ring (bicyclic) bond motifs is 1. The predicted molar refractivity (Wildman–Crippen MR) is 90.8 cm³/mol. The van der Waals surface area contributed by atoms with Crippen LogP contribution in [-0.2, 0) is 13.0 Å². The molecule has 1 aliphatic rings. The summed E-state index contributed by atoms with van der Waals surface area (Å²) < 4.78 is 5.74. The maximum absolute atomic E-state index is 5.77. The van der Waals surface area contributed by atoms with Gasteiger partial charge in [0.25, 0.3) is 0 Å². The van der Waals surface area contributed by atoms with Gasteiger partial charge in [-0.25, -0.2) is 0 Å². The number of nitrogens with zero attached hydrogens (tertiary/aromatic N) is 1. The van der Waals surface area contributed by atoms with E-state index in [1.54, 1.807) is 12.1 Å². The third kappa shape index (κ3) is 3.52. The number of anilines is 2. The minimum absolute atomic E-state index is 0.574. The molecule has 4 nitrogen and oxygen atoms in total. The fourth-order valence-corrected chi connectivity index (χ4v) is 2.87. The van der Waals surface area contributed by atoms with Crippen LogP contribution in [0.1, 0.15) is 17.5 Å². The molecule has 2 aromatic rings. The van der Waals surface area contributed by atoms with Crippen molar-refractivity contribution in [3.63, 3.8) is 0 Å². The smallest absolute Gasteiger partial charge is 0.121 e. The zero-order chi connectivity index (χ0) is 15.4. The van der Waals surface area contributed by atoms with E-state index in [1.807, 2.05) is 6.07 Å². The van der Waals surface area contributed by atoms with Crippen LogP contribution >= 0.6 is 0 Å². The molecule has 0 fully saturated rings. The molecule has 1 heterocycles. The first-order chi connectivity index (χ1) is 10.7. The Balaban J connectivity index is 1.43. The van der Waals surface area contributed by atoms with Crippen LogP contribution in [0.3, 0.4) is 0 Å². The Labute approximate surface area is 131 Å². The van der Waals surface area contributed by atoms with Gasteiger partial charge in [0.1, 0.15) is 5.75 Å². The van der Waals surface area contributed by atoms with Crippen molar-refractivity contribution in [1.82, 2.24) is 4.90 Å². The number of benzene rings is 2. The van der Waals surface area contributed by atoms with Crippen molar-refractivity contribution in [3.8, 4) is 5.75 Å². The fourth-order valence-electron chi connectivity index (χ4n) is 2.87. The second-order valence-electron chi connectivity index (χ2n) is 5.79. The number of ether oxygens (including phenoxy) is 1. The molecular formula is C18H23N3O. The minimum Gasteiger partial charge on any atom is -0.493 e. The van der Waals surface area contributed by atoms with E-state index in [0.29, 0.717) is 18.0 Å². The third-order valence-electron chi connectivity index (χ3n) is 4.16. The summed E-state index contributed by atoms with van der Waals surface area (Å²) in [7, 11) is 0. The average molecular weight is 297 g/mol. The van der Waals surface area contributed by atoms with Crippen molar-refractivity contribution >= 4 is 11.4 Å². The molecule has 22 heavy (non-hydrogen) atoms. The largest absolute Gasteiger partial charge is 0.493 e. The summed E-state index contributed by atoms with van der Waals surface area (Å²) in [4.78, 5) is 2.49. The van der Waals surface area contributed by atoms with E-state index >= 15 is 0 Å². The average Bonchev–Trinajstić information content (AvgIpc) is 2.54. The number of nitrogens with two attached hydrogens (primary N) is 2. The van der Waals surface area contributed by atoms with Crippen LogP contribution in [0.15, 0.2) is 42.5 Å². The molecule has 4 N–H and O–H groups in total. The van der Waals surface area contributed by atoms with E-state index in [0.717, 1.165) is 38.2 Å². The van der Waals surface area contributed by atoms with E-state index in [9.17, 15) is 0 Å². The van der Waals surface area contributed by atoms with Crippen LogP contribution in [0.25, 0.3) is 0 Å². The third-order valence-corrected chi connectivity index (χ3v) is 4.16. The Morgan fingerprint density at radius 2 is 1.82 bits per heavy atom. The van der Waals surface area contributed by atoms with Crippen LogP contribution in [-0.4, -0.2) is 24.6 Å². The van der Waals surface area contributed by atoms with Crippen molar-refractivity contribution in [1.29, 1.82) is 0 Å². The Morgan fingerprint density at radius 3 is 2.64 bits per heavy atom. The second-order valence-corrected chi connectivity index (χ2v) is 5.79. The Morgan fingerprint density at radius 1 is 1.00 bits per heavy atom. The summed E-state index contributed by atoms with van der Waals surface area (Å²) in [6.45, 7) is 3.93. The van der Waals surface area contributed by atoms with Gasteiger partial charge in [0, 0.05) is 25.7 Å². The molecule has 2 aromatic carbocycles. The zero-order valence-corrected chi connectivity index (χ0v) is 12.8. The molecule has 0 radical (unpaired) electrons. The van der Waals surface area contributed by atoms with Crippen LogP contribution in [0, 0.1) is 0 Å². The van der Waals surface area contributed by atoms with E-state index in [2.05, 4.69) is 29.2 Å². The van der Waals surface area contributed by atoms with Crippen molar-refractivity contribution < 1.29 is 4.74 Å². The monoisotopic (exact) mass is 297 g/mol. The molecule has 3 rings (SSSR count). The van der Waals surface area contributed by atoms with Gasteiger partial charge in [-0.2, -0.15) is 0 Å². The minimum atomic E-state index is 0.574. The standard InChI is InChI=1S/C18H23N3O/c19-17-7-6-16(12-18(17)20)22-11-3-9-21-10-8-14-4-1-2-5-15(14)13-21/h1-2,4-7,12H,3,8-11,13,19-20H2. The van der Waals surface area contributed by atoms with Gasteiger partial charge >= 0.3 is 0 Å². The van der Waals surface area contributed by atoms with E-state index in [4.69, 9.17) is 16.2 Å². The maximum Gasteiger partial charge on any atom is 0.121 e. The zero-order valence-electron chi connectivity index (χ0n) is 12.8. The molecule has 0 aromatic heterocycles. The molecule has 0 atom stereocenters. The highest BCUT2D eigenvalue weighted by Gasteiger charge is 2.14. The molecule has 1 aliphatic heterocycles. The van der Waals surface area contributed by atoms with Gasteiger partial charge in [0.15, 0.2) is 0 Å². The van der Waals surface area contributed by atoms with Crippen molar-refractivity contribution in [2.45, 2.75) is 19.4 Å². The molecular weight excluding hydrogens is 274 g/mol. The summed E-state index contributed by atoms with van der Waals surface area (Å²) in [6.07, 6.45) is 2.15. The highest BCUT2D eigenvalue weighted by atomic mass is 16.5. The number of rotatable bonds is 5. The second kappa shape index (κ2) is 6.71. The topological polar surface area (TPSA) is 64.5 Å². The van der Waals surface area contributed by atoms with Crippen LogP contribution in [0.2, 0.25) is 0 Å². The molecule has 0 amide bonds. The molecule has 0 aliphatic carbocycles. The normalized spacial score (nSPS) is 14.5. The maximum atomic E-state index is 5.77.